The standard InChI is InChI=1S/C19H31BClN3O4/c1-17(2,3)26-16(25)23-10-8-13(9-11-23)24-12-14(15(21)22-24)20-27-18(4,5)19(6,7)28-20/h12-13H,8-11H2,1-7H3. The van der Waals surface area contributed by atoms with E-state index >= 15 is 0 Å². The Morgan fingerprint density at radius 1 is 1.21 bits per heavy atom. The summed E-state index contributed by atoms with van der Waals surface area (Å²) in [5.41, 5.74) is -0.597. The van der Waals surface area contributed by atoms with Crippen molar-refractivity contribution in [3.63, 3.8) is 0 Å². The maximum absolute atomic E-state index is 12.2. The fourth-order valence-electron chi connectivity index (χ4n) is 3.34. The first-order valence-corrected chi connectivity index (χ1v) is 10.2. The maximum atomic E-state index is 12.2. The number of halogens is 1. The number of hydrogen-bond acceptors (Lipinski definition) is 5. The Morgan fingerprint density at radius 3 is 2.25 bits per heavy atom. The Bertz CT molecular complexity index is 720. The number of nitrogens with zero attached hydrogens (tertiary/aromatic N) is 3. The highest BCUT2D eigenvalue weighted by Crippen LogP contribution is 2.37. The van der Waals surface area contributed by atoms with E-state index in [2.05, 4.69) is 5.10 Å². The third-order valence-electron chi connectivity index (χ3n) is 5.71. The summed E-state index contributed by atoms with van der Waals surface area (Å²) < 4.78 is 19.5. The van der Waals surface area contributed by atoms with Crippen molar-refractivity contribution in [2.75, 3.05) is 13.1 Å². The van der Waals surface area contributed by atoms with E-state index in [0.717, 1.165) is 18.3 Å². The number of amides is 1. The van der Waals surface area contributed by atoms with Crippen LogP contribution in [0.5, 0.6) is 0 Å². The van der Waals surface area contributed by atoms with Crippen LogP contribution in [0, 0.1) is 0 Å². The second-order valence-corrected chi connectivity index (χ2v) is 10.0. The Hall–Kier alpha value is -1.25. The first-order chi connectivity index (χ1) is 12.8. The molecular weight excluding hydrogens is 380 g/mol. The summed E-state index contributed by atoms with van der Waals surface area (Å²) in [4.78, 5) is 14.0. The van der Waals surface area contributed by atoms with Crippen molar-refractivity contribution in [3.05, 3.63) is 11.3 Å². The fraction of sp³-hybridized carbons (Fsp3) is 0.789. The number of piperidine rings is 1. The molecule has 0 spiro atoms. The molecule has 3 heterocycles. The third-order valence-corrected chi connectivity index (χ3v) is 6.00. The van der Waals surface area contributed by atoms with Gasteiger partial charge in [0.05, 0.1) is 17.2 Å². The average Bonchev–Trinajstić information content (AvgIpc) is 3.03. The fourth-order valence-corrected chi connectivity index (χ4v) is 3.56. The summed E-state index contributed by atoms with van der Waals surface area (Å²) in [7, 11) is -0.534. The number of aromatic nitrogens is 2. The molecular formula is C19H31BClN3O4. The number of rotatable bonds is 2. The van der Waals surface area contributed by atoms with Gasteiger partial charge in [0.15, 0.2) is 5.15 Å². The Labute approximate surface area is 172 Å². The normalized spacial score (nSPS) is 22.6. The average molecular weight is 412 g/mol. The van der Waals surface area contributed by atoms with Gasteiger partial charge in [-0.15, -0.1) is 0 Å². The van der Waals surface area contributed by atoms with E-state index in [9.17, 15) is 4.79 Å². The topological polar surface area (TPSA) is 65.8 Å². The molecule has 9 heteroatoms. The van der Waals surface area contributed by atoms with Gasteiger partial charge >= 0.3 is 13.2 Å². The molecule has 2 saturated heterocycles. The highest BCUT2D eigenvalue weighted by molar-refractivity contribution is 6.65. The van der Waals surface area contributed by atoms with Crippen LogP contribution in [-0.2, 0) is 14.0 Å². The number of ether oxygens (including phenoxy) is 1. The lowest BCUT2D eigenvalue weighted by atomic mass is 9.81. The van der Waals surface area contributed by atoms with Gasteiger partial charge in [0.25, 0.3) is 0 Å². The van der Waals surface area contributed by atoms with Crippen molar-refractivity contribution in [1.82, 2.24) is 14.7 Å². The van der Waals surface area contributed by atoms with E-state index in [1.165, 1.54) is 0 Å². The van der Waals surface area contributed by atoms with Gasteiger partial charge in [-0.05, 0) is 61.3 Å². The summed E-state index contributed by atoms with van der Waals surface area (Å²) in [6.45, 7) is 14.9. The lowest BCUT2D eigenvalue weighted by Crippen LogP contribution is -2.42. The van der Waals surface area contributed by atoms with Gasteiger partial charge < -0.3 is 18.9 Å². The quantitative estimate of drug-likeness (QED) is 0.698. The molecule has 0 saturated carbocycles. The molecule has 0 aromatic carbocycles. The van der Waals surface area contributed by atoms with Crippen LogP contribution in [0.2, 0.25) is 5.15 Å². The molecule has 1 amide bonds. The summed E-state index contributed by atoms with van der Waals surface area (Å²) >= 11 is 6.41. The van der Waals surface area contributed by atoms with Crippen LogP contribution < -0.4 is 5.46 Å². The lowest BCUT2D eigenvalue weighted by molar-refractivity contribution is 0.00578. The second kappa shape index (κ2) is 7.22. The first kappa shape index (κ1) is 21.5. The molecule has 0 bridgehead atoms. The van der Waals surface area contributed by atoms with Gasteiger partial charge in [-0.2, -0.15) is 5.10 Å². The van der Waals surface area contributed by atoms with Gasteiger partial charge in [0.2, 0.25) is 0 Å². The smallest absolute Gasteiger partial charge is 0.444 e. The van der Waals surface area contributed by atoms with Crippen LogP contribution in [0.3, 0.4) is 0 Å². The first-order valence-electron chi connectivity index (χ1n) is 9.87. The summed E-state index contributed by atoms with van der Waals surface area (Å²) in [5.74, 6) is 0. The molecule has 0 atom stereocenters. The zero-order valence-corrected chi connectivity index (χ0v) is 18.7. The molecule has 0 unspecified atom stereocenters. The third kappa shape index (κ3) is 4.34. The minimum absolute atomic E-state index is 0.173. The molecule has 2 aliphatic heterocycles. The Balaban J connectivity index is 1.64. The van der Waals surface area contributed by atoms with Gasteiger partial charge in [-0.1, -0.05) is 11.6 Å². The number of carbonyl (C=O) groups excluding carboxylic acids is 1. The summed E-state index contributed by atoms with van der Waals surface area (Å²) in [5, 5.41) is 4.89. The van der Waals surface area contributed by atoms with Crippen molar-refractivity contribution < 1.29 is 18.8 Å². The van der Waals surface area contributed by atoms with Gasteiger partial charge in [-0.3, -0.25) is 4.68 Å². The summed E-state index contributed by atoms with van der Waals surface area (Å²) in [6.07, 6.45) is 3.24. The van der Waals surface area contributed by atoms with Crippen molar-refractivity contribution in [3.8, 4) is 0 Å². The SMILES string of the molecule is CC(C)(C)OC(=O)N1CCC(n2cc(B3OC(C)(C)C(C)(C)O3)c(Cl)n2)CC1. The predicted octanol–water partition coefficient (Wildman–Crippen LogP) is 3.41. The molecule has 0 N–H and O–H groups in total. The van der Waals surface area contributed by atoms with Gasteiger partial charge in [0, 0.05) is 24.7 Å². The van der Waals surface area contributed by atoms with Crippen molar-refractivity contribution in [1.29, 1.82) is 0 Å². The highest BCUT2D eigenvalue weighted by atomic mass is 35.5. The molecule has 7 nitrogen and oxygen atoms in total. The van der Waals surface area contributed by atoms with E-state index in [-0.39, 0.29) is 12.1 Å². The van der Waals surface area contributed by atoms with Crippen LogP contribution in [0.25, 0.3) is 0 Å². The molecule has 2 fully saturated rings. The van der Waals surface area contributed by atoms with Crippen LogP contribution in [-0.4, -0.2) is 57.8 Å². The molecule has 3 rings (SSSR count). The molecule has 156 valence electrons. The van der Waals surface area contributed by atoms with Crippen LogP contribution >= 0.6 is 11.6 Å². The zero-order chi connectivity index (χ0) is 20.9. The molecule has 1 aromatic rings. The van der Waals surface area contributed by atoms with E-state index in [1.807, 2.05) is 59.3 Å². The van der Waals surface area contributed by atoms with E-state index in [0.29, 0.717) is 18.2 Å². The van der Waals surface area contributed by atoms with Crippen molar-refractivity contribution in [2.45, 2.75) is 84.2 Å². The Kier molecular flexibility index (Phi) is 5.53. The van der Waals surface area contributed by atoms with E-state index in [4.69, 9.17) is 25.6 Å². The van der Waals surface area contributed by atoms with Crippen LogP contribution in [0.1, 0.15) is 67.3 Å². The minimum Gasteiger partial charge on any atom is -0.444 e. The predicted molar refractivity (Wildman–Crippen MR) is 109 cm³/mol. The van der Waals surface area contributed by atoms with Crippen molar-refractivity contribution >= 4 is 30.3 Å². The van der Waals surface area contributed by atoms with Crippen LogP contribution in [0.4, 0.5) is 4.79 Å². The monoisotopic (exact) mass is 411 g/mol. The molecule has 0 radical (unpaired) electrons. The molecule has 2 aliphatic rings. The minimum atomic E-state index is -0.534. The van der Waals surface area contributed by atoms with Crippen molar-refractivity contribution in [2.24, 2.45) is 0 Å². The number of likely N-dealkylation sites (tertiary alicyclic amines) is 1. The van der Waals surface area contributed by atoms with Gasteiger partial charge in [0.1, 0.15) is 5.60 Å². The molecule has 1 aromatic heterocycles. The van der Waals surface area contributed by atoms with E-state index < -0.39 is 23.9 Å². The number of hydrogen-bond donors (Lipinski definition) is 0. The van der Waals surface area contributed by atoms with Crippen LogP contribution in [0.15, 0.2) is 6.20 Å². The highest BCUT2D eigenvalue weighted by Gasteiger charge is 2.52. The largest absolute Gasteiger partial charge is 0.499 e. The maximum Gasteiger partial charge on any atom is 0.499 e. The summed E-state index contributed by atoms with van der Waals surface area (Å²) in [6, 6.07) is 0.173. The van der Waals surface area contributed by atoms with E-state index in [1.54, 1.807) is 4.90 Å². The van der Waals surface area contributed by atoms with Gasteiger partial charge in [-0.25, -0.2) is 4.79 Å². The second-order valence-electron chi connectivity index (χ2n) is 9.64. The lowest BCUT2D eigenvalue weighted by Gasteiger charge is -2.33. The zero-order valence-electron chi connectivity index (χ0n) is 17.9. The molecule has 0 aliphatic carbocycles. The molecule has 28 heavy (non-hydrogen) atoms. The Morgan fingerprint density at radius 2 is 1.75 bits per heavy atom. The number of carbonyl (C=O) groups is 1.